The Hall–Kier alpha value is -1.96. The van der Waals surface area contributed by atoms with Gasteiger partial charge in [0.2, 0.25) is 0 Å². The van der Waals surface area contributed by atoms with Crippen molar-refractivity contribution in [3.8, 4) is 0 Å². The van der Waals surface area contributed by atoms with Crippen molar-refractivity contribution in [2.24, 2.45) is 0 Å². The van der Waals surface area contributed by atoms with E-state index in [1.807, 2.05) is 4.68 Å². The summed E-state index contributed by atoms with van der Waals surface area (Å²) >= 11 is 3.31. The van der Waals surface area contributed by atoms with Gasteiger partial charge in [-0.1, -0.05) is 0 Å². The monoisotopic (exact) mass is 336 g/mol. The molecular formula is C12H13BrN6O. The molecule has 8 heteroatoms. The van der Waals surface area contributed by atoms with E-state index in [2.05, 4.69) is 41.6 Å². The van der Waals surface area contributed by atoms with E-state index >= 15 is 0 Å². The number of nitrogens with zero attached hydrogens (tertiary/aromatic N) is 4. The number of urea groups is 1. The maximum atomic E-state index is 11.9. The molecule has 3 heterocycles. The van der Waals surface area contributed by atoms with Crippen molar-refractivity contribution >= 4 is 27.6 Å². The molecule has 2 aromatic rings. The highest BCUT2D eigenvalue weighted by Crippen LogP contribution is 2.14. The first-order chi connectivity index (χ1) is 9.70. The Labute approximate surface area is 123 Å². The Morgan fingerprint density at radius 2 is 2.35 bits per heavy atom. The predicted molar refractivity (Wildman–Crippen MR) is 76.2 cm³/mol. The number of anilines is 1. The fourth-order valence-electron chi connectivity index (χ4n) is 2.19. The van der Waals surface area contributed by atoms with Gasteiger partial charge in [-0.2, -0.15) is 5.10 Å². The SMILES string of the molecule is O=C(Nc1cncc(Br)c1)NC1CCc2ncnn2C1. The smallest absolute Gasteiger partial charge is 0.319 e. The quantitative estimate of drug-likeness (QED) is 0.871. The molecule has 1 unspecified atom stereocenters. The van der Waals surface area contributed by atoms with Crippen LogP contribution < -0.4 is 10.6 Å². The number of nitrogens with one attached hydrogen (secondary N) is 2. The summed E-state index contributed by atoms with van der Waals surface area (Å²) in [6.45, 7) is 0.652. The van der Waals surface area contributed by atoms with Gasteiger partial charge in [-0.3, -0.25) is 4.98 Å². The second-order valence-electron chi connectivity index (χ2n) is 4.58. The molecule has 0 fully saturated rings. The van der Waals surface area contributed by atoms with Crippen LogP contribution in [0.15, 0.2) is 29.3 Å². The van der Waals surface area contributed by atoms with Crippen LogP contribution in [-0.4, -0.2) is 31.8 Å². The van der Waals surface area contributed by atoms with Gasteiger partial charge in [0, 0.05) is 17.1 Å². The lowest BCUT2D eigenvalue weighted by Gasteiger charge is -2.23. The molecule has 2 amide bonds. The standard InChI is InChI=1S/C12H13BrN6O/c13-8-3-10(5-14-4-8)18-12(20)17-9-1-2-11-15-7-16-19(11)6-9/h3-5,7,9H,1-2,6H2,(H2,17,18,20). The second-order valence-corrected chi connectivity index (χ2v) is 5.50. The van der Waals surface area contributed by atoms with Gasteiger partial charge in [-0.15, -0.1) is 0 Å². The fraction of sp³-hybridized carbons (Fsp3) is 0.333. The molecule has 0 spiro atoms. The Morgan fingerprint density at radius 1 is 1.45 bits per heavy atom. The van der Waals surface area contributed by atoms with E-state index < -0.39 is 0 Å². The number of amides is 2. The molecule has 0 saturated heterocycles. The molecular weight excluding hydrogens is 324 g/mol. The number of rotatable bonds is 2. The highest BCUT2D eigenvalue weighted by atomic mass is 79.9. The number of halogens is 1. The van der Waals surface area contributed by atoms with E-state index in [1.54, 1.807) is 24.8 Å². The summed E-state index contributed by atoms with van der Waals surface area (Å²) < 4.78 is 2.65. The van der Waals surface area contributed by atoms with Gasteiger partial charge in [0.1, 0.15) is 12.2 Å². The summed E-state index contributed by atoms with van der Waals surface area (Å²) in [5, 5.41) is 9.82. The molecule has 1 aliphatic rings. The van der Waals surface area contributed by atoms with E-state index in [0.717, 1.165) is 23.1 Å². The first-order valence-corrected chi connectivity index (χ1v) is 7.05. The Balaban J connectivity index is 1.57. The van der Waals surface area contributed by atoms with Crippen LogP contribution in [0, 0.1) is 0 Å². The highest BCUT2D eigenvalue weighted by molar-refractivity contribution is 9.10. The third kappa shape index (κ3) is 2.96. The maximum Gasteiger partial charge on any atom is 0.319 e. The third-order valence-corrected chi connectivity index (χ3v) is 3.54. The molecule has 0 radical (unpaired) electrons. The van der Waals surface area contributed by atoms with Gasteiger partial charge in [0.05, 0.1) is 24.5 Å². The average molecular weight is 337 g/mol. The van der Waals surface area contributed by atoms with E-state index in [-0.39, 0.29) is 12.1 Å². The molecule has 20 heavy (non-hydrogen) atoms. The van der Waals surface area contributed by atoms with E-state index in [4.69, 9.17) is 0 Å². The molecule has 2 N–H and O–H groups in total. The van der Waals surface area contributed by atoms with Crippen molar-refractivity contribution in [1.82, 2.24) is 25.1 Å². The molecule has 104 valence electrons. The van der Waals surface area contributed by atoms with Gasteiger partial charge >= 0.3 is 6.03 Å². The van der Waals surface area contributed by atoms with Crippen LogP contribution in [0.4, 0.5) is 10.5 Å². The van der Waals surface area contributed by atoms with E-state index in [9.17, 15) is 4.79 Å². The number of hydrogen-bond donors (Lipinski definition) is 2. The zero-order chi connectivity index (χ0) is 13.9. The first-order valence-electron chi connectivity index (χ1n) is 6.25. The van der Waals surface area contributed by atoms with Crippen LogP contribution >= 0.6 is 15.9 Å². The van der Waals surface area contributed by atoms with Crippen LogP contribution in [0.5, 0.6) is 0 Å². The summed E-state index contributed by atoms with van der Waals surface area (Å²) in [5.41, 5.74) is 0.647. The van der Waals surface area contributed by atoms with Crippen LogP contribution in [-0.2, 0) is 13.0 Å². The zero-order valence-corrected chi connectivity index (χ0v) is 12.2. The van der Waals surface area contributed by atoms with Crippen molar-refractivity contribution in [2.45, 2.75) is 25.4 Å². The molecule has 3 rings (SSSR count). The molecule has 2 aromatic heterocycles. The minimum Gasteiger partial charge on any atom is -0.333 e. The van der Waals surface area contributed by atoms with E-state index in [0.29, 0.717) is 12.2 Å². The number of aryl methyl sites for hydroxylation is 1. The Morgan fingerprint density at radius 3 is 3.20 bits per heavy atom. The minimum absolute atomic E-state index is 0.0595. The summed E-state index contributed by atoms with van der Waals surface area (Å²) in [4.78, 5) is 20.1. The lowest BCUT2D eigenvalue weighted by atomic mass is 10.1. The first kappa shape index (κ1) is 13.0. The predicted octanol–water partition coefficient (Wildman–Crippen LogP) is 1.57. The van der Waals surface area contributed by atoms with Crippen molar-refractivity contribution < 1.29 is 4.79 Å². The lowest BCUT2D eigenvalue weighted by molar-refractivity contribution is 0.243. The summed E-state index contributed by atoms with van der Waals surface area (Å²) in [6.07, 6.45) is 6.49. The number of carbonyl (C=O) groups excluding carboxylic acids is 1. The molecule has 0 aromatic carbocycles. The lowest BCUT2D eigenvalue weighted by Crippen LogP contribution is -2.43. The number of carbonyl (C=O) groups is 1. The van der Waals surface area contributed by atoms with Crippen LogP contribution in [0.25, 0.3) is 0 Å². The largest absolute Gasteiger partial charge is 0.333 e. The summed E-state index contributed by atoms with van der Waals surface area (Å²) in [5.74, 6) is 0.972. The van der Waals surface area contributed by atoms with Gasteiger partial charge < -0.3 is 10.6 Å². The zero-order valence-electron chi connectivity index (χ0n) is 10.6. The molecule has 0 aliphatic carbocycles. The minimum atomic E-state index is -0.238. The summed E-state index contributed by atoms with van der Waals surface area (Å²) in [7, 11) is 0. The normalized spacial score (nSPS) is 17.4. The Bertz CT molecular complexity index is 628. The molecule has 7 nitrogen and oxygen atoms in total. The number of fused-ring (bicyclic) bond motifs is 1. The number of hydrogen-bond acceptors (Lipinski definition) is 4. The average Bonchev–Trinajstić information content (AvgIpc) is 2.86. The Kier molecular flexibility index (Phi) is 3.64. The molecule has 1 atom stereocenters. The molecule has 1 aliphatic heterocycles. The van der Waals surface area contributed by atoms with Crippen molar-refractivity contribution in [2.75, 3.05) is 5.32 Å². The van der Waals surface area contributed by atoms with Crippen LogP contribution in [0.1, 0.15) is 12.2 Å². The molecule has 0 saturated carbocycles. The fourth-order valence-corrected chi connectivity index (χ4v) is 2.55. The van der Waals surface area contributed by atoms with Gasteiger partial charge in [0.25, 0.3) is 0 Å². The highest BCUT2D eigenvalue weighted by Gasteiger charge is 2.21. The van der Waals surface area contributed by atoms with Gasteiger partial charge in [0.15, 0.2) is 0 Å². The maximum absolute atomic E-state index is 11.9. The second kappa shape index (κ2) is 5.58. The van der Waals surface area contributed by atoms with Crippen molar-refractivity contribution in [1.29, 1.82) is 0 Å². The topological polar surface area (TPSA) is 84.7 Å². The summed E-state index contributed by atoms with van der Waals surface area (Å²) in [6, 6.07) is 1.62. The van der Waals surface area contributed by atoms with Crippen LogP contribution in [0.2, 0.25) is 0 Å². The van der Waals surface area contributed by atoms with Crippen molar-refractivity contribution in [3.05, 3.63) is 35.1 Å². The van der Waals surface area contributed by atoms with E-state index in [1.165, 1.54) is 0 Å². The van der Waals surface area contributed by atoms with Gasteiger partial charge in [-0.25, -0.2) is 14.5 Å². The molecule has 0 bridgehead atoms. The van der Waals surface area contributed by atoms with Crippen LogP contribution in [0.3, 0.4) is 0 Å². The number of pyridine rings is 1. The van der Waals surface area contributed by atoms with Gasteiger partial charge in [-0.05, 0) is 28.4 Å². The van der Waals surface area contributed by atoms with Crippen molar-refractivity contribution in [3.63, 3.8) is 0 Å². The third-order valence-electron chi connectivity index (χ3n) is 3.10. The number of aromatic nitrogens is 4.